The van der Waals surface area contributed by atoms with Crippen molar-refractivity contribution < 1.29 is 5.11 Å². The molecule has 1 heterocycles. The largest absolute Gasteiger partial charge is 0.507 e. The fourth-order valence-electron chi connectivity index (χ4n) is 1.33. The van der Waals surface area contributed by atoms with Crippen LogP contribution >= 0.6 is 46.4 Å². The van der Waals surface area contributed by atoms with Crippen LogP contribution in [0.1, 0.15) is 5.69 Å². The molecular weight excluding hydrogens is 292 g/mol. The van der Waals surface area contributed by atoms with Gasteiger partial charge in [0.25, 0.3) is 0 Å². The maximum Gasteiger partial charge on any atom is 0.232 e. The Labute approximate surface area is 112 Å². The topological polar surface area (TPSA) is 33.1 Å². The second kappa shape index (κ2) is 4.11. The molecule has 0 aliphatic heterocycles. The Bertz CT molecular complexity index is 550. The van der Waals surface area contributed by atoms with E-state index in [4.69, 9.17) is 46.4 Å². The van der Waals surface area contributed by atoms with Crippen LogP contribution in [0.4, 0.5) is 0 Å². The van der Waals surface area contributed by atoms with Crippen LogP contribution in [0.25, 0.3) is 10.9 Å². The van der Waals surface area contributed by atoms with Crippen molar-refractivity contribution in [2.24, 2.45) is 0 Å². The van der Waals surface area contributed by atoms with E-state index in [1.54, 1.807) is 18.2 Å². The molecular formula is C10H5Cl4NO. The van der Waals surface area contributed by atoms with Crippen molar-refractivity contribution in [1.82, 2.24) is 4.98 Å². The first-order valence-corrected chi connectivity index (χ1v) is 5.75. The standard InChI is InChI=1S/C10H5Cl4NO/c11-5-1-2-7-6(3-5)8(16)4-9(15-7)10(12,13)14/h1-4H,(H,15,16). The van der Waals surface area contributed by atoms with Crippen molar-refractivity contribution in [1.29, 1.82) is 0 Å². The number of halogens is 4. The highest BCUT2D eigenvalue weighted by Gasteiger charge is 2.26. The van der Waals surface area contributed by atoms with Gasteiger partial charge >= 0.3 is 0 Å². The van der Waals surface area contributed by atoms with Crippen molar-refractivity contribution in [3.63, 3.8) is 0 Å². The van der Waals surface area contributed by atoms with Crippen LogP contribution in [0, 0.1) is 0 Å². The molecule has 0 aliphatic carbocycles. The molecule has 6 heteroatoms. The maximum atomic E-state index is 9.77. The van der Waals surface area contributed by atoms with Crippen LogP contribution in [0.3, 0.4) is 0 Å². The molecule has 0 atom stereocenters. The second-order valence-corrected chi connectivity index (χ2v) is 5.90. The van der Waals surface area contributed by atoms with Gasteiger partial charge in [0.15, 0.2) is 0 Å². The molecule has 0 amide bonds. The zero-order valence-electron chi connectivity index (χ0n) is 7.72. The average Bonchev–Trinajstić information content (AvgIpc) is 2.17. The molecule has 0 saturated carbocycles. The number of hydrogen-bond donors (Lipinski definition) is 1. The van der Waals surface area contributed by atoms with Gasteiger partial charge in [0.2, 0.25) is 3.79 Å². The number of rotatable bonds is 0. The Balaban J connectivity index is 2.74. The summed E-state index contributed by atoms with van der Waals surface area (Å²) in [6.07, 6.45) is 0. The minimum absolute atomic E-state index is 0.0196. The molecule has 2 rings (SSSR count). The van der Waals surface area contributed by atoms with E-state index in [1.807, 2.05) is 0 Å². The van der Waals surface area contributed by atoms with Crippen molar-refractivity contribution >= 4 is 57.3 Å². The smallest absolute Gasteiger partial charge is 0.232 e. The third-order valence-electron chi connectivity index (χ3n) is 2.04. The summed E-state index contributed by atoms with van der Waals surface area (Å²) in [5.41, 5.74) is 0.690. The first-order chi connectivity index (χ1) is 7.38. The molecule has 1 aromatic heterocycles. The van der Waals surface area contributed by atoms with Gasteiger partial charge in [-0.3, -0.25) is 0 Å². The van der Waals surface area contributed by atoms with Gasteiger partial charge in [0, 0.05) is 16.5 Å². The van der Waals surface area contributed by atoms with Crippen molar-refractivity contribution in [3.8, 4) is 5.75 Å². The summed E-state index contributed by atoms with van der Waals surface area (Å²) in [4.78, 5) is 4.13. The molecule has 0 radical (unpaired) electrons. The first kappa shape index (κ1) is 12.1. The Hall–Kier alpha value is -0.410. The maximum absolute atomic E-state index is 9.77. The molecule has 0 fully saturated rings. The minimum Gasteiger partial charge on any atom is -0.507 e. The van der Waals surface area contributed by atoms with E-state index in [9.17, 15) is 5.11 Å². The van der Waals surface area contributed by atoms with Crippen LogP contribution in [-0.2, 0) is 3.79 Å². The number of pyridine rings is 1. The highest BCUT2D eigenvalue weighted by molar-refractivity contribution is 6.66. The monoisotopic (exact) mass is 295 g/mol. The highest BCUT2D eigenvalue weighted by atomic mass is 35.6. The zero-order valence-corrected chi connectivity index (χ0v) is 10.7. The molecule has 0 unspecified atom stereocenters. The third-order valence-corrected chi connectivity index (χ3v) is 2.86. The summed E-state index contributed by atoms with van der Waals surface area (Å²) in [7, 11) is 0. The number of hydrogen-bond acceptors (Lipinski definition) is 2. The van der Waals surface area contributed by atoms with Crippen LogP contribution in [0.2, 0.25) is 5.02 Å². The second-order valence-electron chi connectivity index (χ2n) is 3.19. The summed E-state index contributed by atoms with van der Waals surface area (Å²) < 4.78 is -1.66. The quantitative estimate of drug-likeness (QED) is 0.730. The Morgan fingerprint density at radius 2 is 1.81 bits per heavy atom. The number of aromatic nitrogens is 1. The van der Waals surface area contributed by atoms with Gasteiger partial charge in [-0.25, -0.2) is 4.98 Å². The lowest BCUT2D eigenvalue weighted by Gasteiger charge is -2.12. The highest BCUT2D eigenvalue weighted by Crippen LogP contribution is 2.40. The van der Waals surface area contributed by atoms with E-state index in [2.05, 4.69) is 4.98 Å². The van der Waals surface area contributed by atoms with E-state index >= 15 is 0 Å². The fourth-order valence-corrected chi connectivity index (χ4v) is 1.79. The molecule has 16 heavy (non-hydrogen) atoms. The molecule has 84 valence electrons. The van der Waals surface area contributed by atoms with Gasteiger partial charge in [-0.2, -0.15) is 0 Å². The molecule has 2 aromatic rings. The van der Waals surface area contributed by atoms with Crippen LogP contribution in [-0.4, -0.2) is 10.1 Å². The summed E-state index contributed by atoms with van der Waals surface area (Å²) in [5.74, 6) is -0.0196. The Kier molecular flexibility index (Phi) is 3.10. The van der Waals surface area contributed by atoms with Crippen LogP contribution in [0.5, 0.6) is 5.75 Å². The predicted molar refractivity (Wildman–Crippen MR) is 67.7 cm³/mol. The van der Waals surface area contributed by atoms with Gasteiger partial charge in [-0.1, -0.05) is 46.4 Å². The summed E-state index contributed by atoms with van der Waals surface area (Å²) in [6.45, 7) is 0. The summed E-state index contributed by atoms with van der Waals surface area (Å²) in [6, 6.07) is 6.21. The number of aromatic hydroxyl groups is 1. The predicted octanol–water partition coefficient (Wildman–Crippen LogP) is 4.42. The molecule has 0 aliphatic rings. The fraction of sp³-hybridized carbons (Fsp3) is 0.100. The van der Waals surface area contributed by atoms with Gasteiger partial charge in [-0.05, 0) is 18.2 Å². The number of benzene rings is 1. The molecule has 1 aromatic carbocycles. The molecule has 0 bridgehead atoms. The lowest BCUT2D eigenvalue weighted by molar-refractivity contribution is 0.480. The third kappa shape index (κ3) is 2.30. The summed E-state index contributed by atoms with van der Waals surface area (Å²) >= 11 is 22.9. The average molecular weight is 297 g/mol. The normalized spacial score (nSPS) is 12.0. The van der Waals surface area contributed by atoms with Crippen LogP contribution in [0.15, 0.2) is 24.3 Å². The number of fused-ring (bicyclic) bond motifs is 1. The van der Waals surface area contributed by atoms with E-state index < -0.39 is 3.79 Å². The van der Waals surface area contributed by atoms with Crippen molar-refractivity contribution in [3.05, 3.63) is 35.0 Å². The summed E-state index contributed by atoms with van der Waals surface area (Å²) in [5, 5.41) is 10.8. The van der Waals surface area contributed by atoms with Gasteiger partial charge in [-0.15, -0.1) is 0 Å². The molecule has 0 spiro atoms. The van der Waals surface area contributed by atoms with E-state index in [0.717, 1.165) is 0 Å². The van der Waals surface area contributed by atoms with Crippen LogP contribution < -0.4 is 0 Å². The Morgan fingerprint density at radius 1 is 1.12 bits per heavy atom. The van der Waals surface area contributed by atoms with E-state index in [-0.39, 0.29) is 11.4 Å². The zero-order chi connectivity index (χ0) is 11.9. The van der Waals surface area contributed by atoms with E-state index in [1.165, 1.54) is 6.07 Å². The molecule has 1 N–H and O–H groups in total. The SMILES string of the molecule is Oc1cc(C(Cl)(Cl)Cl)nc2ccc(Cl)cc12. The lowest BCUT2D eigenvalue weighted by atomic mass is 10.2. The van der Waals surface area contributed by atoms with Gasteiger partial charge in [0.1, 0.15) is 5.75 Å². The van der Waals surface area contributed by atoms with Crippen molar-refractivity contribution in [2.75, 3.05) is 0 Å². The number of alkyl halides is 3. The Morgan fingerprint density at radius 3 is 2.44 bits per heavy atom. The molecule has 0 saturated heterocycles. The van der Waals surface area contributed by atoms with Gasteiger partial charge < -0.3 is 5.11 Å². The minimum atomic E-state index is -1.66. The van der Waals surface area contributed by atoms with Crippen molar-refractivity contribution in [2.45, 2.75) is 3.79 Å². The molecule has 2 nitrogen and oxygen atoms in total. The van der Waals surface area contributed by atoms with E-state index in [0.29, 0.717) is 15.9 Å². The first-order valence-electron chi connectivity index (χ1n) is 4.24. The lowest BCUT2D eigenvalue weighted by Crippen LogP contribution is -2.03. The van der Waals surface area contributed by atoms with Gasteiger partial charge in [0.05, 0.1) is 11.2 Å². The number of nitrogens with zero attached hydrogens (tertiary/aromatic N) is 1.